The second-order valence-corrected chi connectivity index (χ2v) is 1.57. The first kappa shape index (κ1) is 5.03. The fourth-order valence-corrected chi connectivity index (χ4v) is 0.547. The molecule has 8 heavy (non-hydrogen) atoms. The molecule has 0 bridgehead atoms. The summed E-state index contributed by atoms with van der Waals surface area (Å²) in [5.41, 5.74) is 0. The molecule has 0 N–H and O–H groups in total. The van der Waals surface area contributed by atoms with Gasteiger partial charge >= 0.3 is 0 Å². The van der Waals surface area contributed by atoms with E-state index in [9.17, 15) is 4.91 Å². The van der Waals surface area contributed by atoms with Crippen molar-refractivity contribution in [3.63, 3.8) is 0 Å². The molecule has 0 unspecified atom stereocenters. The van der Waals surface area contributed by atoms with Gasteiger partial charge in [-0.05, 0) is 17.3 Å². The minimum atomic E-state index is 0.463. The van der Waals surface area contributed by atoms with Crippen LogP contribution in [0.15, 0.2) is 23.5 Å². The Balaban J connectivity index is 3.09. The second-order valence-electron chi connectivity index (χ2n) is 1.57. The maximum atomic E-state index is 9.82. The minimum absolute atomic E-state index is 0.463. The van der Waals surface area contributed by atoms with Crippen molar-refractivity contribution < 1.29 is 0 Å². The Morgan fingerprint density at radius 2 is 2.50 bits per heavy atom. The molecular formula is C5H6N2O. The van der Waals surface area contributed by atoms with E-state index in [0.717, 1.165) is 0 Å². The van der Waals surface area contributed by atoms with Gasteiger partial charge in [0.25, 0.3) is 0 Å². The molecule has 1 aromatic heterocycles. The number of nitrogens with zero attached hydrogens (tertiary/aromatic N) is 2. The normalized spacial score (nSPS) is 9.12. The van der Waals surface area contributed by atoms with Gasteiger partial charge in [0.2, 0.25) is 0 Å². The van der Waals surface area contributed by atoms with Crippen molar-refractivity contribution in [2.24, 2.45) is 12.2 Å². The summed E-state index contributed by atoms with van der Waals surface area (Å²) in [5.74, 6) is 0.463. The van der Waals surface area contributed by atoms with Gasteiger partial charge in [0.05, 0.1) is 0 Å². The average Bonchev–Trinajstić information content (AvgIpc) is 2.14. The SMILES string of the molecule is Cn1cccc1N=O. The molecule has 3 nitrogen and oxygen atoms in total. The van der Waals surface area contributed by atoms with E-state index in [1.54, 1.807) is 29.9 Å². The molecule has 0 aliphatic carbocycles. The molecule has 0 spiro atoms. The van der Waals surface area contributed by atoms with Gasteiger partial charge in [-0.25, -0.2) is 0 Å². The van der Waals surface area contributed by atoms with Crippen LogP contribution in [0.1, 0.15) is 0 Å². The number of rotatable bonds is 1. The number of hydrogen-bond acceptors (Lipinski definition) is 2. The van der Waals surface area contributed by atoms with Crippen molar-refractivity contribution >= 4 is 5.82 Å². The number of aromatic nitrogens is 1. The molecule has 1 heterocycles. The summed E-state index contributed by atoms with van der Waals surface area (Å²) in [6.45, 7) is 0. The molecule has 0 aliphatic heterocycles. The topological polar surface area (TPSA) is 34.4 Å². The van der Waals surface area contributed by atoms with E-state index in [-0.39, 0.29) is 0 Å². The van der Waals surface area contributed by atoms with E-state index in [2.05, 4.69) is 5.18 Å². The molecule has 0 amide bonds. The molecule has 0 atom stereocenters. The van der Waals surface area contributed by atoms with E-state index < -0.39 is 0 Å². The Kier molecular flexibility index (Phi) is 1.12. The van der Waals surface area contributed by atoms with Gasteiger partial charge in [-0.15, -0.1) is 4.91 Å². The lowest BCUT2D eigenvalue weighted by molar-refractivity contribution is 0.924. The second kappa shape index (κ2) is 1.78. The Morgan fingerprint density at radius 3 is 2.75 bits per heavy atom. The maximum absolute atomic E-state index is 9.82. The molecule has 1 aromatic rings. The van der Waals surface area contributed by atoms with Gasteiger partial charge in [-0.1, -0.05) is 0 Å². The smallest absolute Gasteiger partial charge is 0.177 e. The Labute approximate surface area is 46.9 Å². The highest BCUT2D eigenvalue weighted by Crippen LogP contribution is 2.08. The predicted molar refractivity (Wildman–Crippen MR) is 30.9 cm³/mol. The molecule has 0 saturated heterocycles. The molecule has 3 heteroatoms. The van der Waals surface area contributed by atoms with Crippen LogP contribution in [0.5, 0.6) is 0 Å². The Hall–Kier alpha value is -1.12. The van der Waals surface area contributed by atoms with Crippen molar-refractivity contribution in [1.82, 2.24) is 4.57 Å². The van der Waals surface area contributed by atoms with Crippen molar-refractivity contribution in [3.8, 4) is 0 Å². The first-order chi connectivity index (χ1) is 3.84. The lowest BCUT2D eigenvalue weighted by atomic mass is 10.6. The number of nitroso groups, excluding NO2 is 1. The molecule has 0 saturated carbocycles. The summed E-state index contributed by atoms with van der Waals surface area (Å²) < 4.78 is 1.66. The molecule has 42 valence electrons. The van der Waals surface area contributed by atoms with Gasteiger partial charge < -0.3 is 4.57 Å². The summed E-state index contributed by atoms with van der Waals surface area (Å²) in [7, 11) is 1.77. The summed E-state index contributed by atoms with van der Waals surface area (Å²) in [4.78, 5) is 9.82. The Morgan fingerprint density at radius 1 is 1.75 bits per heavy atom. The first-order valence-corrected chi connectivity index (χ1v) is 2.29. The monoisotopic (exact) mass is 110 g/mol. The van der Waals surface area contributed by atoms with Gasteiger partial charge in [0.1, 0.15) is 0 Å². The van der Waals surface area contributed by atoms with Crippen LogP contribution in [0.3, 0.4) is 0 Å². The number of aryl methyl sites for hydroxylation is 1. The summed E-state index contributed by atoms with van der Waals surface area (Å²) in [6, 6.07) is 3.43. The van der Waals surface area contributed by atoms with Crippen LogP contribution >= 0.6 is 0 Å². The molecular weight excluding hydrogens is 104 g/mol. The zero-order valence-corrected chi connectivity index (χ0v) is 4.53. The molecule has 0 radical (unpaired) electrons. The van der Waals surface area contributed by atoms with E-state index in [4.69, 9.17) is 0 Å². The van der Waals surface area contributed by atoms with Gasteiger partial charge in [-0.3, -0.25) is 0 Å². The van der Waals surface area contributed by atoms with Crippen molar-refractivity contribution in [2.75, 3.05) is 0 Å². The van der Waals surface area contributed by atoms with Crippen molar-refractivity contribution in [2.45, 2.75) is 0 Å². The summed E-state index contributed by atoms with van der Waals surface area (Å²) in [6.07, 6.45) is 1.77. The van der Waals surface area contributed by atoms with E-state index in [1.807, 2.05) is 0 Å². The maximum Gasteiger partial charge on any atom is 0.177 e. The van der Waals surface area contributed by atoms with Crippen LogP contribution in [0.4, 0.5) is 5.82 Å². The van der Waals surface area contributed by atoms with Crippen LogP contribution in [-0.4, -0.2) is 4.57 Å². The highest BCUT2D eigenvalue weighted by molar-refractivity contribution is 5.27. The minimum Gasteiger partial charge on any atom is -0.333 e. The van der Waals surface area contributed by atoms with Gasteiger partial charge in [-0.2, -0.15) is 0 Å². The van der Waals surface area contributed by atoms with Gasteiger partial charge in [0.15, 0.2) is 5.82 Å². The predicted octanol–water partition coefficient (Wildman–Crippen LogP) is 1.42. The summed E-state index contributed by atoms with van der Waals surface area (Å²) >= 11 is 0. The largest absolute Gasteiger partial charge is 0.333 e. The molecule has 0 aromatic carbocycles. The fourth-order valence-electron chi connectivity index (χ4n) is 0.547. The first-order valence-electron chi connectivity index (χ1n) is 2.29. The van der Waals surface area contributed by atoms with E-state index in [1.165, 1.54) is 0 Å². The quantitative estimate of drug-likeness (QED) is 0.503. The molecule has 1 rings (SSSR count). The van der Waals surface area contributed by atoms with Crippen LogP contribution < -0.4 is 0 Å². The summed E-state index contributed by atoms with van der Waals surface area (Å²) in [5, 5.41) is 2.74. The third kappa shape index (κ3) is 0.621. The fraction of sp³-hybridized carbons (Fsp3) is 0.200. The molecule has 0 aliphatic rings. The van der Waals surface area contributed by atoms with Crippen LogP contribution in [0, 0.1) is 4.91 Å². The highest BCUT2D eigenvalue weighted by atomic mass is 16.3. The lowest BCUT2D eigenvalue weighted by Gasteiger charge is -1.87. The van der Waals surface area contributed by atoms with Crippen LogP contribution in [0.2, 0.25) is 0 Å². The lowest BCUT2D eigenvalue weighted by Crippen LogP contribution is -1.79. The zero-order chi connectivity index (χ0) is 5.98. The standard InChI is InChI=1S/C5H6N2O/c1-7-4-2-3-5(7)6-8/h2-4H,1H3. The number of hydrogen-bond donors (Lipinski definition) is 0. The Bertz CT molecular complexity index is 192. The van der Waals surface area contributed by atoms with E-state index >= 15 is 0 Å². The van der Waals surface area contributed by atoms with Crippen LogP contribution in [-0.2, 0) is 7.05 Å². The van der Waals surface area contributed by atoms with Gasteiger partial charge in [0, 0.05) is 13.2 Å². The van der Waals surface area contributed by atoms with Crippen molar-refractivity contribution in [3.05, 3.63) is 23.2 Å². The zero-order valence-electron chi connectivity index (χ0n) is 4.53. The van der Waals surface area contributed by atoms with Crippen LogP contribution in [0.25, 0.3) is 0 Å². The van der Waals surface area contributed by atoms with E-state index in [0.29, 0.717) is 5.82 Å². The highest BCUT2D eigenvalue weighted by Gasteiger charge is 1.90. The average molecular weight is 110 g/mol. The molecule has 0 fully saturated rings. The third-order valence-electron chi connectivity index (χ3n) is 1.01. The van der Waals surface area contributed by atoms with Crippen molar-refractivity contribution in [1.29, 1.82) is 0 Å². The third-order valence-corrected chi connectivity index (χ3v) is 1.01.